The molecule has 0 saturated heterocycles. The number of aryl methyl sites for hydroxylation is 1. The van der Waals surface area contributed by atoms with E-state index in [2.05, 4.69) is 22.8 Å². The van der Waals surface area contributed by atoms with Crippen molar-refractivity contribution in [3.63, 3.8) is 0 Å². The number of hydrogen-bond donors (Lipinski definition) is 2. The summed E-state index contributed by atoms with van der Waals surface area (Å²) in [6.07, 6.45) is 4.13. The number of benzene rings is 2. The third-order valence-corrected chi connectivity index (χ3v) is 5.99. The van der Waals surface area contributed by atoms with Gasteiger partial charge in [-0.2, -0.15) is 10.2 Å². The molecule has 0 bridgehead atoms. The van der Waals surface area contributed by atoms with E-state index >= 15 is 0 Å². The number of aromatic nitrogens is 3. The minimum Gasteiger partial charge on any atom is -0.366 e. The van der Waals surface area contributed by atoms with Crippen LogP contribution in [0.25, 0.3) is 16.9 Å². The summed E-state index contributed by atoms with van der Waals surface area (Å²) in [5, 5.41) is 16.1. The van der Waals surface area contributed by atoms with E-state index in [0.717, 1.165) is 53.8 Å². The van der Waals surface area contributed by atoms with Gasteiger partial charge in [0, 0.05) is 23.2 Å². The van der Waals surface area contributed by atoms with Gasteiger partial charge in [0.1, 0.15) is 5.82 Å². The summed E-state index contributed by atoms with van der Waals surface area (Å²) in [4.78, 5) is 21.5. The Morgan fingerprint density at radius 3 is 2.64 bits per heavy atom. The highest BCUT2D eigenvalue weighted by molar-refractivity contribution is 5.91. The van der Waals surface area contributed by atoms with Crippen LogP contribution in [-0.4, -0.2) is 20.4 Å². The van der Waals surface area contributed by atoms with Gasteiger partial charge >= 0.3 is 5.91 Å². The summed E-state index contributed by atoms with van der Waals surface area (Å²) in [5.41, 5.74) is 5.24. The molecule has 2 aromatic carbocycles. The number of carbonyl (C=O) groups excluding carboxylic acids is 1. The first-order valence-electron chi connectivity index (χ1n) is 11.2. The fourth-order valence-electron chi connectivity index (χ4n) is 4.40. The smallest absolute Gasteiger partial charge is 0.322 e. The van der Waals surface area contributed by atoms with Crippen LogP contribution in [0.3, 0.4) is 0 Å². The summed E-state index contributed by atoms with van der Waals surface area (Å²) in [5.74, 6) is 0.778. The molecule has 7 nitrogen and oxygen atoms in total. The molecule has 2 N–H and O–H groups in total. The molecule has 2 heterocycles. The van der Waals surface area contributed by atoms with E-state index in [4.69, 9.17) is 15.2 Å². The number of hydrogen-bond acceptors (Lipinski definition) is 5. The van der Waals surface area contributed by atoms with E-state index < -0.39 is 5.91 Å². The van der Waals surface area contributed by atoms with Crippen LogP contribution in [0.5, 0.6) is 0 Å². The number of fused-ring (bicyclic) bond motifs is 2. The van der Waals surface area contributed by atoms with E-state index in [-0.39, 0.29) is 6.54 Å². The van der Waals surface area contributed by atoms with Gasteiger partial charge in [-0.05, 0) is 43.4 Å². The monoisotopic (exact) mass is 436 g/mol. The molecule has 5 rings (SSSR count). The molecule has 0 spiro atoms. The third-order valence-electron chi connectivity index (χ3n) is 5.99. The predicted octanol–water partition coefficient (Wildman–Crippen LogP) is 4.05. The highest BCUT2D eigenvalue weighted by Crippen LogP contribution is 2.29. The summed E-state index contributed by atoms with van der Waals surface area (Å²) < 4.78 is 1.98. The van der Waals surface area contributed by atoms with Crippen LogP contribution < -0.4 is 10.6 Å². The highest BCUT2D eigenvalue weighted by atomic mass is 16.1. The SMILES string of the molecule is N#CC(=O)NCc1cc2ccccc2n1-c1nc2c(c(NCc3ccccc3)n1)CCCC2. The molecule has 1 amide bonds. The topological polar surface area (TPSA) is 95.6 Å². The number of amides is 1. The van der Waals surface area contributed by atoms with Gasteiger partial charge in [-0.3, -0.25) is 9.36 Å². The van der Waals surface area contributed by atoms with E-state index in [1.165, 1.54) is 11.1 Å². The van der Waals surface area contributed by atoms with E-state index in [1.807, 2.05) is 53.1 Å². The number of nitriles is 1. The molecule has 164 valence electrons. The molecular weight excluding hydrogens is 412 g/mol. The number of carbonyl (C=O) groups is 1. The Morgan fingerprint density at radius 2 is 1.79 bits per heavy atom. The summed E-state index contributed by atoms with van der Waals surface area (Å²) >= 11 is 0. The molecule has 1 aliphatic rings. The lowest BCUT2D eigenvalue weighted by atomic mass is 9.96. The van der Waals surface area contributed by atoms with Crippen molar-refractivity contribution in [1.29, 1.82) is 5.26 Å². The van der Waals surface area contributed by atoms with Crippen molar-refractivity contribution in [3.8, 4) is 12.0 Å². The maximum absolute atomic E-state index is 11.6. The molecule has 0 saturated carbocycles. The summed E-state index contributed by atoms with van der Waals surface area (Å²) in [7, 11) is 0. The summed E-state index contributed by atoms with van der Waals surface area (Å²) in [6, 6.07) is 21.9. The molecule has 0 aliphatic heterocycles. The second kappa shape index (κ2) is 9.13. The van der Waals surface area contributed by atoms with Crippen molar-refractivity contribution >= 4 is 22.6 Å². The lowest BCUT2D eigenvalue weighted by molar-refractivity contribution is -0.116. The Kier molecular flexibility index (Phi) is 5.73. The molecule has 4 aromatic rings. The Bertz CT molecular complexity index is 1350. The fraction of sp³-hybridized carbons (Fsp3) is 0.231. The van der Waals surface area contributed by atoms with E-state index in [0.29, 0.717) is 12.5 Å². The van der Waals surface area contributed by atoms with Crippen LogP contribution in [-0.2, 0) is 30.7 Å². The second-order valence-electron chi connectivity index (χ2n) is 8.17. The van der Waals surface area contributed by atoms with Gasteiger partial charge in [-0.25, -0.2) is 4.98 Å². The molecule has 2 aromatic heterocycles. The van der Waals surface area contributed by atoms with Crippen molar-refractivity contribution in [2.75, 3.05) is 5.32 Å². The molecule has 0 unspecified atom stereocenters. The van der Waals surface area contributed by atoms with Gasteiger partial charge in [-0.15, -0.1) is 0 Å². The lowest BCUT2D eigenvalue weighted by Gasteiger charge is -2.21. The zero-order valence-electron chi connectivity index (χ0n) is 18.2. The normalized spacial score (nSPS) is 12.7. The van der Waals surface area contributed by atoms with E-state index in [9.17, 15) is 4.79 Å². The Hall–Kier alpha value is -4.18. The maximum atomic E-state index is 11.6. The van der Waals surface area contributed by atoms with Gasteiger partial charge in [0.25, 0.3) is 0 Å². The predicted molar refractivity (Wildman–Crippen MR) is 127 cm³/mol. The molecule has 0 fully saturated rings. The fourth-order valence-corrected chi connectivity index (χ4v) is 4.40. The zero-order valence-corrected chi connectivity index (χ0v) is 18.2. The maximum Gasteiger partial charge on any atom is 0.322 e. The first-order valence-corrected chi connectivity index (χ1v) is 11.2. The van der Waals surface area contributed by atoms with Crippen molar-refractivity contribution in [2.45, 2.75) is 38.8 Å². The zero-order chi connectivity index (χ0) is 22.6. The Labute approximate surface area is 192 Å². The van der Waals surface area contributed by atoms with Crippen molar-refractivity contribution in [3.05, 3.63) is 83.2 Å². The van der Waals surface area contributed by atoms with Crippen molar-refractivity contribution in [1.82, 2.24) is 19.9 Å². The molecule has 33 heavy (non-hydrogen) atoms. The average molecular weight is 437 g/mol. The number of rotatable bonds is 6. The first kappa shape index (κ1) is 20.7. The van der Waals surface area contributed by atoms with Gasteiger partial charge < -0.3 is 10.6 Å². The van der Waals surface area contributed by atoms with Gasteiger partial charge in [0.05, 0.1) is 17.8 Å². The summed E-state index contributed by atoms with van der Waals surface area (Å²) in [6.45, 7) is 0.898. The van der Waals surface area contributed by atoms with Gasteiger partial charge in [-0.1, -0.05) is 48.5 Å². The van der Waals surface area contributed by atoms with Crippen LogP contribution >= 0.6 is 0 Å². The minimum atomic E-state index is -0.664. The number of nitrogens with zero attached hydrogens (tertiary/aromatic N) is 4. The van der Waals surface area contributed by atoms with E-state index in [1.54, 1.807) is 6.07 Å². The number of anilines is 1. The van der Waals surface area contributed by atoms with Crippen molar-refractivity contribution < 1.29 is 4.79 Å². The first-order chi connectivity index (χ1) is 16.2. The quantitative estimate of drug-likeness (QED) is 0.445. The van der Waals surface area contributed by atoms with Crippen LogP contribution in [0.1, 0.15) is 35.4 Å². The molecule has 7 heteroatoms. The Morgan fingerprint density at radius 1 is 1.00 bits per heavy atom. The largest absolute Gasteiger partial charge is 0.366 e. The highest BCUT2D eigenvalue weighted by Gasteiger charge is 2.21. The van der Waals surface area contributed by atoms with Crippen LogP contribution in [0, 0.1) is 11.3 Å². The molecule has 0 atom stereocenters. The van der Waals surface area contributed by atoms with Crippen LogP contribution in [0.4, 0.5) is 5.82 Å². The van der Waals surface area contributed by atoms with Gasteiger partial charge in [0.15, 0.2) is 6.07 Å². The van der Waals surface area contributed by atoms with Crippen LogP contribution in [0.2, 0.25) is 0 Å². The Balaban J connectivity index is 1.59. The van der Waals surface area contributed by atoms with Crippen LogP contribution in [0.15, 0.2) is 60.7 Å². The average Bonchev–Trinajstić information content (AvgIpc) is 3.24. The number of para-hydroxylation sites is 1. The molecule has 1 aliphatic carbocycles. The van der Waals surface area contributed by atoms with Gasteiger partial charge in [0.2, 0.25) is 5.95 Å². The second-order valence-corrected chi connectivity index (χ2v) is 8.17. The third kappa shape index (κ3) is 4.28. The standard InChI is InChI=1S/C26H24N6O/c27-15-24(33)28-17-20-14-19-10-4-7-13-23(19)32(20)26-30-22-12-6-5-11-21(22)25(31-26)29-16-18-8-2-1-3-9-18/h1-4,7-10,13-14H,5-6,11-12,16-17H2,(H,28,33)(H,29,30,31). The van der Waals surface area contributed by atoms with Crippen molar-refractivity contribution in [2.24, 2.45) is 0 Å². The number of nitrogens with one attached hydrogen (secondary N) is 2. The molecular formula is C26H24N6O. The molecule has 0 radical (unpaired) electrons. The minimum absolute atomic E-state index is 0.217. The lowest BCUT2D eigenvalue weighted by Crippen LogP contribution is -2.23.